The van der Waals surface area contributed by atoms with Gasteiger partial charge in [-0.15, -0.1) is 10.2 Å². The summed E-state index contributed by atoms with van der Waals surface area (Å²) in [6.07, 6.45) is 0. The van der Waals surface area contributed by atoms with Gasteiger partial charge in [-0.1, -0.05) is 35.5 Å². The van der Waals surface area contributed by atoms with Crippen molar-refractivity contribution in [2.24, 2.45) is 7.05 Å². The van der Waals surface area contributed by atoms with E-state index < -0.39 is 0 Å². The smallest absolute Gasteiger partial charge is 0.233 e. The van der Waals surface area contributed by atoms with Crippen LogP contribution >= 0.6 is 23.4 Å². The van der Waals surface area contributed by atoms with Gasteiger partial charge in [0.2, 0.25) is 5.91 Å². The number of hydrogen-bond acceptors (Lipinski definition) is 5. The summed E-state index contributed by atoms with van der Waals surface area (Å²) in [7, 11) is 1.83. The van der Waals surface area contributed by atoms with Crippen LogP contribution in [0, 0.1) is 5.82 Å². The highest BCUT2D eigenvalue weighted by Gasteiger charge is 2.21. The van der Waals surface area contributed by atoms with E-state index in [-0.39, 0.29) is 29.6 Å². The van der Waals surface area contributed by atoms with Crippen LogP contribution in [0.15, 0.2) is 53.7 Å². The fourth-order valence-corrected chi connectivity index (χ4v) is 3.60. The molecule has 1 aromatic heterocycles. The molecule has 0 fully saturated rings. The van der Waals surface area contributed by atoms with E-state index in [0.717, 1.165) is 5.56 Å². The first-order valence-electron chi connectivity index (χ1n) is 9.32. The Bertz CT molecular complexity index is 995. The Balaban J connectivity index is 1.55. The molecule has 0 radical (unpaired) electrons. The Hall–Kier alpha value is -2.58. The van der Waals surface area contributed by atoms with Crippen molar-refractivity contribution in [2.75, 3.05) is 0 Å². The molecule has 1 heterocycles. The monoisotopic (exact) mass is 448 g/mol. The number of aromatic nitrogens is 3. The lowest BCUT2D eigenvalue weighted by Gasteiger charge is -2.17. The van der Waals surface area contributed by atoms with Crippen LogP contribution in [0.2, 0.25) is 5.02 Å². The van der Waals surface area contributed by atoms with E-state index in [2.05, 4.69) is 15.5 Å². The molecule has 2 aromatic carbocycles. The number of ether oxygens (including phenoxy) is 1. The molecule has 9 heteroatoms. The molecule has 0 bridgehead atoms. The summed E-state index contributed by atoms with van der Waals surface area (Å²) in [6, 6.07) is 12.9. The lowest BCUT2D eigenvalue weighted by Crippen LogP contribution is -2.33. The predicted molar refractivity (Wildman–Crippen MR) is 115 cm³/mol. The first kappa shape index (κ1) is 22.1. The van der Waals surface area contributed by atoms with Crippen LogP contribution in [-0.4, -0.2) is 25.9 Å². The van der Waals surface area contributed by atoms with Gasteiger partial charge >= 0.3 is 0 Å². The average Bonchev–Trinajstić information content (AvgIpc) is 3.07. The van der Waals surface area contributed by atoms with Gasteiger partial charge in [0.15, 0.2) is 11.0 Å². The molecule has 2 atom stereocenters. The van der Waals surface area contributed by atoms with E-state index >= 15 is 0 Å². The van der Waals surface area contributed by atoms with Crippen molar-refractivity contribution < 1.29 is 13.9 Å². The average molecular weight is 449 g/mol. The van der Waals surface area contributed by atoms with Crippen LogP contribution in [0.4, 0.5) is 4.39 Å². The zero-order valence-corrected chi connectivity index (χ0v) is 18.4. The number of benzene rings is 2. The first-order chi connectivity index (χ1) is 14.3. The lowest BCUT2D eigenvalue weighted by atomic mass is 10.1. The lowest BCUT2D eigenvalue weighted by molar-refractivity contribution is -0.120. The number of carbonyl (C=O) groups excluding carboxylic acids is 1. The Labute approximate surface area is 183 Å². The minimum Gasteiger partial charge on any atom is -0.486 e. The van der Waals surface area contributed by atoms with Crippen molar-refractivity contribution >= 4 is 29.3 Å². The number of nitrogens with zero attached hydrogens (tertiary/aromatic N) is 3. The highest BCUT2D eigenvalue weighted by Crippen LogP contribution is 2.23. The number of nitrogens with one attached hydrogen (secondary N) is 1. The summed E-state index contributed by atoms with van der Waals surface area (Å²) in [5, 5.41) is 12.1. The number of rotatable bonds is 8. The number of amides is 1. The van der Waals surface area contributed by atoms with Gasteiger partial charge in [-0.05, 0) is 55.8 Å². The van der Waals surface area contributed by atoms with Gasteiger partial charge < -0.3 is 14.6 Å². The van der Waals surface area contributed by atoms with Gasteiger partial charge in [0.25, 0.3) is 0 Å². The predicted octanol–water partition coefficient (Wildman–Crippen LogP) is 4.54. The molecule has 0 unspecified atom stereocenters. The summed E-state index contributed by atoms with van der Waals surface area (Å²) >= 11 is 7.18. The number of hydrogen-bond donors (Lipinski definition) is 1. The first-order valence-corrected chi connectivity index (χ1v) is 10.6. The molecule has 3 aromatic rings. The Kier molecular flexibility index (Phi) is 7.33. The minimum atomic E-state index is -0.388. The minimum absolute atomic E-state index is 0.140. The van der Waals surface area contributed by atoms with E-state index in [4.69, 9.17) is 16.3 Å². The molecule has 158 valence electrons. The molecule has 0 saturated carbocycles. The normalized spacial score (nSPS) is 13.0. The van der Waals surface area contributed by atoms with Crippen molar-refractivity contribution in [1.82, 2.24) is 20.1 Å². The van der Waals surface area contributed by atoms with Crippen LogP contribution in [0.5, 0.6) is 5.75 Å². The third kappa shape index (κ3) is 5.73. The van der Waals surface area contributed by atoms with Crippen LogP contribution in [-0.2, 0) is 18.4 Å². The highest BCUT2D eigenvalue weighted by atomic mass is 35.5. The van der Waals surface area contributed by atoms with Crippen molar-refractivity contribution in [2.45, 2.75) is 36.9 Å². The standard InChI is InChI=1S/C21H22ClFN4O2S/c1-13(15-4-8-17(23)9-5-15)24-20(28)14(2)30-21-26-25-19(27(21)3)12-29-18-10-6-16(22)7-11-18/h4-11,13-14H,12H2,1-3H3,(H,24,28)/t13-,14-/m0/s1. The summed E-state index contributed by atoms with van der Waals surface area (Å²) < 4.78 is 20.6. The van der Waals surface area contributed by atoms with Crippen molar-refractivity contribution in [1.29, 1.82) is 0 Å². The fourth-order valence-electron chi connectivity index (χ4n) is 2.63. The third-order valence-electron chi connectivity index (χ3n) is 4.49. The number of thioether (sulfide) groups is 1. The van der Waals surface area contributed by atoms with Gasteiger partial charge in [-0.2, -0.15) is 0 Å². The third-order valence-corrected chi connectivity index (χ3v) is 5.87. The zero-order valence-electron chi connectivity index (χ0n) is 16.8. The Morgan fingerprint density at radius 3 is 2.50 bits per heavy atom. The van der Waals surface area contributed by atoms with Crippen LogP contribution in [0.1, 0.15) is 31.3 Å². The van der Waals surface area contributed by atoms with Crippen LogP contribution in [0.3, 0.4) is 0 Å². The van der Waals surface area contributed by atoms with Crippen LogP contribution < -0.4 is 10.1 Å². The zero-order chi connectivity index (χ0) is 21.7. The van der Waals surface area contributed by atoms with E-state index in [1.54, 1.807) is 47.9 Å². The summed E-state index contributed by atoms with van der Waals surface area (Å²) in [5.74, 6) is 0.872. The van der Waals surface area contributed by atoms with Gasteiger partial charge in [0, 0.05) is 12.1 Å². The molecule has 3 rings (SSSR count). The van der Waals surface area contributed by atoms with Gasteiger partial charge in [0.1, 0.15) is 18.2 Å². The maximum atomic E-state index is 13.1. The summed E-state index contributed by atoms with van der Waals surface area (Å²) in [4.78, 5) is 12.6. The maximum Gasteiger partial charge on any atom is 0.233 e. The molecular weight excluding hydrogens is 427 g/mol. The number of carbonyl (C=O) groups is 1. The largest absolute Gasteiger partial charge is 0.486 e. The molecule has 1 N–H and O–H groups in total. The van der Waals surface area contributed by atoms with Gasteiger partial charge in [0.05, 0.1) is 11.3 Å². The topological polar surface area (TPSA) is 69.0 Å². The molecule has 0 aliphatic heterocycles. The van der Waals surface area contributed by atoms with Crippen LogP contribution in [0.25, 0.3) is 0 Å². The molecule has 0 aliphatic rings. The highest BCUT2D eigenvalue weighted by molar-refractivity contribution is 8.00. The molecule has 0 saturated heterocycles. The van der Waals surface area contributed by atoms with Crippen molar-refractivity contribution in [3.8, 4) is 5.75 Å². The van der Waals surface area contributed by atoms with E-state index in [0.29, 0.717) is 21.8 Å². The Morgan fingerprint density at radius 2 is 1.83 bits per heavy atom. The van der Waals surface area contributed by atoms with Crippen molar-refractivity contribution in [3.05, 3.63) is 70.8 Å². The SMILES string of the molecule is C[C@H](Sc1nnc(COc2ccc(Cl)cc2)n1C)C(=O)N[C@@H](C)c1ccc(F)cc1. The fraction of sp³-hybridized carbons (Fsp3) is 0.286. The number of halogens is 2. The molecule has 6 nitrogen and oxygen atoms in total. The molecule has 0 spiro atoms. The summed E-state index contributed by atoms with van der Waals surface area (Å²) in [5.41, 5.74) is 0.835. The summed E-state index contributed by atoms with van der Waals surface area (Å²) in [6.45, 7) is 3.90. The second-order valence-corrected chi connectivity index (χ2v) is 8.49. The second-order valence-electron chi connectivity index (χ2n) is 6.74. The van der Waals surface area contributed by atoms with Gasteiger partial charge in [-0.25, -0.2) is 4.39 Å². The van der Waals surface area contributed by atoms with E-state index in [1.165, 1.54) is 23.9 Å². The second kappa shape index (κ2) is 9.95. The van der Waals surface area contributed by atoms with E-state index in [9.17, 15) is 9.18 Å². The molecule has 30 heavy (non-hydrogen) atoms. The maximum absolute atomic E-state index is 13.1. The molecule has 0 aliphatic carbocycles. The molecular formula is C21H22ClFN4O2S. The molecule has 1 amide bonds. The van der Waals surface area contributed by atoms with Gasteiger partial charge in [-0.3, -0.25) is 4.79 Å². The Morgan fingerprint density at radius 1 is 1.17 bits per heavy atom. The van der Waals surface area contributed by atoms with E-state index in [1.807, 2.05) is 14.0 Å². The van der Waals surface area contributed by atoms with Crippen molar-refractivity contribution in [3.63, 3.8) is 0 Å². The quantitative estimate of drug-likeness (QED) is 0.512.